The largest absolute Gasteiger partial charge is 0.505 e. The highest BCUT2D eigenvalue weighted by molar-refractivity contribution is 6.35. The van der Waals surface area contributed by atoms with Gasteiger partial charge in [-0.25, -0.2) is 0 Å². The number of hydrogen-bond acceptors (Lipinski definition) is 4. The van der Waals surface area contributed by atoms with E-state index in [9.17, 15) is 9.90 Å². The van der Waals surface area contributed by atoms with Crippen molar-refractivity contribution < 1.29 is 9.90 Å². The van der Waals surface area contributed by atoms with Gasteiger partial charge in [-0.2, -0.15) is 0 Å². The molecule has 0 fully saturated rings. The lowest BCUT2D eigenvalue weighted by atomic mass is 9.95. The number of pyridine rings is 2. The molecule has 2 N–H and O–H groups in total. The fraction of sp³-hybridized carbons (Fsp3) is 0.0870. The number of aryl methyl sites for hydroxylation is 1. The maximum atomic E-state index is 12.8. The van der Waals surface area contributed by atoms with E-state index in [0.29, 0.717) is 27.1 Å². The van der Waals surface area contributed by atoms with Crippen LogP contribution in [0.15, 0.2) is 73.2 Å². The molecule has 2 aromatic carbocycles. The van der Waals surface area contributed by atoms with Crippen molar-refractivity contribution in [3.05, 3.63) is 100 Å². The quantitative estimate of drug-likeness (QED) is 0.512. The Morgan fingerprint density at radius 2 is 1.86 bits per heavy atom. The molecule has 0 radical (unpaired) electrons. The van der Waals surface area contributed by atoms with Crippen LogP contribution in [0.25, 0.3) is 10.9 Å². The van der Waals surface area contributed by atoms with Gasteiger partial charge in [0.25, 0.3) is 5.91 Å². The number of hydrogen-bond donors (Lipinski definition) is 2. The number of rotatable bonds is 4. The summed E-state index contributed by atoms with van der Waals surface area (Å²) in [7, 11) is 0. The van der Waals surface area contributed by atoms with Gasteiger partial charge in [-0.05, 0) is 42.8 Å². The molecular weight excluding hydrogens is 386 g/mol. The fourth-order valence-electron chi connectivity index (χ4n) is 3.24. The highest BCUT2D eigenvalue weighted by Gasteiger charge is 2.24. The summed E-state index contributed by atoms with van der Waals surface area (Å²) in [5.41, 5.74) is 3.20. The number of halogens is 1. The number of amides is 1. The first kappa shape index (κ1) is 18.9. The van der Waals surface area contributed by atoms with Crippen LogP contribution in [-0.4, -0.2) is 21.0 Å². The van der Waals surface area contributed by atoms with Crippen LogP contribution in [0, 0.1) is 6.92 Å². The number of phenols is 1. The maximum absolute atomic E-state index is 12.8. The highest BCUT2D eigenvalue weighted by atomic mass is 35.5. The Morgan fingerprint density at radius 1 is 1.10 bits per heavy atom. The van der Waals surface area contributed by atoms with Gasteiger partial charge in [0.1, 0.15) is 11.3 Å². The van der Waals surface area contributed by atoms with Crippen molar-refractivity contribution in [2.24, 2.45) is 0 Å². The van der Waals surface area contributed by atoms with Gasteiger partial charge in [-0.3, -0.25) is 14.8 Å². The van der Waals surface area contributed by atoms with E-state index in [2.05, 4.69) is 15.3 Å². The first-order valence-corrected chi connectivity index (χ1v) is 9.46. The maximum Gasteiger partial charge on any atom is 0.253 e. The summed E-state index contributed by atoms with van der Waals surface area (Å²) in [5.74, 6) is -0.317. The van der Waals surface area contributed by atoms with Crippen molar-refractivity contribution in [3.8, 4) is 5.75 Å². The van der Waals surface area contributed by atoms with Gasteiger partial charge in [-0.1, -0.05) is 41.4 Å². The summed E-state index contributed by atoms with van der Waals surface area (Å²) in [5, 5.41) is 15.1. The van der Waals surface area contributed by atoms with Crippen molar-refractivity contribution in [1.29, 1.82) is 0 Å². The molecule has 6 heteroatoms. The topological polar surface area (TPSA) is 75.1 Å². The number of aromatic hydroxyl groups is 1. The minimum atomic E-state index is -0.618. The second-order valence-corrected chi connectivity index (χ2v) is 7.16. The molecule has 4 rings (SSSR count). The molecule has 2 heterocycles. The van der Waals surface area contributed by atoms with Gasteiger partial charge < -0.3 is 10.4 Å². The monoisotopic (exact) mass is 403 g/mol. The van der Waals surface area contributed by atoms with Gasteiger partial charge >= 0.3 is 0 Å². The standard InChI is InChI=1S/C23H18ClN3O2/c1-14-6-8-15(9-7-14)20(27-23(29)16-4-2-10-25-13-16)18-12-19(24)17-5-3-11-26-21(17)22(18)28/h2-13,20,28H,1H3,(H,27,29). The summed E-state index contributed by atoms with van der Waals surface area (Å²) >= 11 is 6.47. The summed E-state index contributed by atoms with van der Waals surface area (Å²) in [6, 6.07) is 15.7. The molecule has 0 bridgehead atoms. The number of nitrogens with one attached hydrogen (secondary N) is 1. The van der Waals surface area contributed by atoms with E-state index in [1.807, 2.05) is 31.2 Å². The van der Waals surface area contributed by atoms with Crippen LogP contribution in [-0.2, 0) is 0 Å². The van der Waals surface area contributed by atoms with Crippen molar-refractivity contribution in [2.75, 3.05) is 0 Å². The third-order valence-corrected chi connectivity index (χ3v) is 5.08. The molecule has 0 aliphatic heterocycles. The van der Waals surface area contributed by atoms with Gasteiger partial charge in [0.2, 0.25) is 0 Å². The molecule has 5 nitrogen and oxygen atoms in total. The number of aromatic nitrogens is 2. The molecule has 144 valence electrons. The normalized spacial score (nSPS) is 11.9. The van der Waals surface area contributed by atoms with E-state index in [1.54, 1.807) is 42.7 Å². The summed E-state index contributed by atoms with van der Waals surface area (Å²) in [6.45, 7) is 1.99. The minimum Gasteiger partial charge on any atom is -0.505 e. The SMILES string of the molecule is Cc1ccc(C(NC(=O)c2cccnc2)c2cc(Cl)c3cccnc3c2O)cc1. The molecule has 1 amide bonds. The van der Waals surface area contributed by atoms with Crippen molar-refractivity contribution in [2.45, 2.75) is 13.0 Å². The molecule has 2 aromatic heterocycles. The van der Waals surface area contributed by atoms with E-state index in [1.165, 1.54) is 6.20 Å². The molecule has 0 spiro atoms. The van der Waals surface area contributed by atoms with E-state index >= 15 is 0 Å². The smallest absolute Gasteiger partial charge is 0.253 e. The minimum absolute atomic E-state index is 0.0120. The van der Waals surface area contributed by atoms with E-state index < -0.39 is 6.04 Å². The zero-order valence-corrected chi connectivity index (χ0v) is 16.4. The van der Waals surface area contributed by atoms with Gasteiger partial charge in [0.05, 0.1) is 16.6 Å². The Labute approximate surface area is 173 Å². The summed E-state index contributed by atoms with van der Waals surface area (Å²) in [6.07, 6.45) is 4.70. The Morgan fingerprint density at radius 3 is 2.59 bits per heavy atom. The third kappa shape index (κ3) is 3.77. The molecule has 0 saturated heterocycles. The summed E-state index contributed by atoms with van der Waals surface area (Å²) in [4.78, 5) is 21.1. The number of carbonyl (C=O) groups is 1. The number of carbonyl (C=O) groups excluding carboxylic acids is 1. The molecular formula is C23H18ClN3O2. The number of fused-ring (bicyclic) bond motifs is 1. The van der Waals surface area contributed by atoms with E-state index in [4.69, 9.17) is 11.6 Å². The van der Waals surface area contributed by atoms with Crippen LogP contribution in [0.5, 0.6) is 5.75 Å². The number of nitrogens with zero attached hydrogens (tertiary/aromatic N) is 2. The van der Waals surface area contributed by atoms with Crippen LogP contribution >= 0.6 is 11.6 Å². The highest BCUT2D eigenvalue weighted by Crippen LogP contribution is 2.38. The molecule has 29 heavy (non-hydrogen) atoms. The van der Waals surface area contributed by atoms with Crippen LogP contribution in [0.1, 0.15) is 33.1 Å². The average molecular weight is 404 g/mol. The predicted molar refractivity (Wildman–Crippen MR) is 113 cm³/mol. The van der Waals surface area contributed by atoms with Crippen LogP contribution < -0.4 is 5.32 Å². The van der Waals surface area contributed by atoms with Crippen LogP contribution in [0.4, 0.5) is 0 Å². The first-order chi connectivity index (χ1) is 14.0. The van der Waals surface area contributed by atoms with E-state index in [-0.39, 0.29) is 11.7 Å². The van der Waals surface area contributed by atoms with Crippen molar-refractivity contribution in [3.63, 3.8) is 0 Å². The van der Waals surface area contributed by atoms with Gasteiger partial charge in [0.15, 0.2) is 0 Å². The fourth-order valence-corrected chi connectivity index (χ4v) is 3.51. The lowest BCUT2D eigenvalue weighted by molar-refractivity contribution is 0.0942. The van der Waals surface area contributed by atoms with Gasteiger partial charge in [-0.15, -0.1) is 0 Å². The second kappa shape index (κ2) is 7.89. The molecule has 0 saturated carbocycles. The van der Waals surface area contributed by atoms with Crippen LogP contribution in [0.3, 0.4) is 0 Å². The second-order valence-electron chi connectivity index (χ2n) is 6.75. The zero-order valence-electron chi connectivity index (χ0n) is 15.6. The molecule has 4 aromatic rings. The lowest BCUT2D eigenvalue weighted by Gasteiger charge is -2.22. The third-order valence-electron chi connectivity index (χ3n) is 4.77. The van der Waals surface area contributed by atoms with Crippen molar-refractivity contribution >= 4 is 28.4 Å². The van der Waals surface area contributed by atoms with Crippen LogP contribution in [0.2, 0.25) is 5.02 Å². The Kier molecular flexibility index (Phi) is 5.14. The van der Waals surface area contributed by atoms with Gasteiger partial charge in [0, 0.05) is 29.5 Å². The predicted octanol–water partition coefficient (Wildman–Crippen LogP) is 4.82. The Hall–Kier alpha value is -3.44. The molecule has 1 unspecified atom stereocenters. The number of benzene rings is 2. The average Bonchev–Trinajstić information content (AvgIpc) is 2.76. The molecule has 0 aliphatic rings. The number of phenolic OH excluding ortho intramolecular Hbond substituents is 1. The Balaban J connectivity index is 1.84. The molecule has 1 atom stereocenters. The zero-order chi connectivity index (χ0) is 20.4. The summed E-state index contributed by atoms with van der Waals surface area (Å²) < 4.78 is 0. The van der Waals surface area contributed by atoms with Crippen molar-refractivity contribution in [1.82, 2.24) is 15.3 Å². The lowest BCUT2D eigenvalue weighted by Crippen LogP contribution is -2.29. The molecule has 0 aliphatic carbocycles. The first-order valence-electron chi connectivity index (χ1n) is 9.08. The Bertz CT molecular complexity index is 1180. The van der Waals surface area contributed by atoms with E-state index in [0.717, 1.165) is 11.1 Å².